The molecule has 1 aliphatic carbocycles. The van der Waals surface area contributed by atoms with Gasteiger partial charge in [-0.15, -0.1) is 0 Å². The summed E-state index contributed by atoms with van der Waals surface area (Å²) >= 11 is 6.64. The molecule has 0 amide bonds. The van der Waals surface area contributed by atoms with Gasteiger partial charge in [0.05, 0.1) is 30.9 Å². The molecule has 1 aromatic carbocycles. The van der Waals surface area contributed by atoms with Crippen LogP contribution in [-0.2, 0) is 24.2 Å². The van der Waals surface area contributed by atoms with E-state index in [1.54, 1.807) is 7.11 Å². The van der Waals surface area contributed by atoms with Crippen LogP contribution in [0.5, 0.6) is 5.75 Å². The predicted octanol–water partition coefficient (Wildman–Crippen LogP) is 4.00. The molecule has 1 saturated heterocycles. The zero-order valence-corrected chi connectivity index (χ0v) is 15.6. The van der Waals surface area contributed by atoms with E-state index in [1.165, 1.54) is 31.5 Å². The summed E-state index contributed by atoms with van der Waals surface area (Å²) < 4.78 is 11.5. The second kappa shape index (κ2) is 7.48. The molecule has 0 N–H and O–H groups in total. The summed E-state index contributed by atoms with van der Waals surface area (Å²) in [7, 11) is 1.70. The standard InChI is InChI=1S/C20H25ClN2O2/c1-24-19-12-16-18(22-17-6-4-5-15(17)20(16)21)11-14(19)13-25-10-9-23-7-2-3-8-23/h11-12H,2-10,13H2,1H3. The summed E-state index contributed by atoms with van der Waals surface area (Å²) in [6.45, 7) is 4.71. The van der Waals surface area contributed by atoms with Crippen LogP contribution < -0.4 is 4.74 Å². The summed E-state index contributed by atoms with van der Waals surface area (Å²) in [5.74, 6) is 0.829. The van der Waals surface area contributed by atoms with E-state index in [1.807, 2.05) is 6.07 Å². The van der Waals surface area contributed by atoms with Crippen LogP contribution >= 0.6 is 11.6 Å². The first-order valence-corrected chi connectivity index (χ1v) is 9.62. The number of pyridine rings is 1. The molecular weight excluding hydrogens is 336 g/mol. The van der Waals surface area contributed by atoms with Crippen LogP contribution in [-0.4, -0.2) is 43.2 Å². The molecule has 1 aliphatic heterocycles. The van der Waals surface area contributed by atoms with Gasteiger partial charge >= 0.3 is 0 Å². The van der Waals surface area contributed by atoms with Gasteiger partial charge in [-0.25, -0.2) is 0 Å². The predicted molar refractivity (Wildman–Crippen MR) is 101 cm³/mol. The first kappa shape index (κ1) is 17.1. The molecule has 2 aliphatic rings. The van der Waals surface area contributed by atoms with Gasteiger partial charge in [-0.3, -0.25) is 4.98 Å². The van der Waals surface area contributed by atoms with Gasteiger partial charge in [-0.2, -0.15) is 0 Å². The highest BCUT2D eigenvalue weighted by molar-refractivity contribution is 6.36. The fourth-order valence-corrected chi connectivity index (χ4v) is 4.32. The number of benzene rings is 1. The van der Waals surface area contributed by atoms with E-state index in [0.29, 0.717) is 6.61 Å². The summed E-state index contributed by atoms with van der Waals surface area (Å²) in [5.41, 5.74) is 4.36. The van der Waals surface area contributed by atoms with Gasteiger partial charge < -0.3 is 14.4 Å². The molecule has 1 aromatic heterocycles. The molecule has 134 valence electrons. The molecular formula is C20H25ClN2O2. The van der Waals surface area contributed by atoms with Crippen molar-refractivity contribution in [2.24, 2.45) is 0 Å². The lowest BCUT2D eigenvalue weighted by atomic mass is 10.1. The monoisotopic (exact) mass is 360 g/mol. The minimum absolute atomic E-state index is 0.545. The zero-order chi connectivity index (χ0) is 17.2. The molecule has 0 radical (unpaired) electrons. The van der Waals surface area contributed by atoms with E-state index < -0.39 is 0 Å². The van der Waals surface area contributed by atoms with Crippen LogP contribution in [0.1, 0.15) is 36.1 Å². The largest absolute Gasteiger partial charge is 0.496 e. The Morgan fingerprint density at radius 2 is 2.00 bits per heavy atom. The Morgan fingerprint density at radius 1 is 1.16 bits per heavy atom. The van der Waals surface area contributed by atoms with Gasteiger partial charge in [0.25, 0.3) is 0 Å². The number of likely N-dealkylation sites (tertiary alicyclic amines) is 1. The van der Waals surface area contributed by atoms with E-state index in [-0.39, 0.29) is 0 Å². The molecule has 2 aromatic rings. The van der Waals surface area contributed by atoms with Gasteiger partial charge in [0, 0.05) is 23.2 Å². The number of fused-ring (bicyclic) bond motifs is 2. The molecule has 0 bridgehead atoms. The van der Waals surface area contributed by atoms with Crippen LogP contribution in [0.3, 0.4) is 0 Å². The van der Waals surface area contributed by atoms with Crippen molar-refractivity contribution in [2.75, 3.05) is 33.4 Å². The lowest BCUT2D eigenvalue weighted by Gasteiger charge is -2.16. The number of hydrogen-bond donors (Lipinski definition) is 0. The second-order valence-electron chi connectivity index (χ2n) is 6.99. The Bertz CT molecular complexity index is 772. The highest BCUT2D eigenvalue weighted by atomic mass is 35.5. The quantitative estimate of drug-likeness (QED) is 0.729. The fraction of sp³-hybridized carbons (Fsp3) is 0.550. The van der Waals surface area contributed by atoms with E-state index in [0.717, 1.165) is 65.3 Å². The smallest absolute Gasteiger partial charge is 0.125 e. The first-order valence-electron chi connectivity index (χ1n) is 9.24. The van der Waals surface area contributed by atoms with E-state index >= 15 is 0 Å². The Morgan fingerprint density at radius 3 is 2.80 bits per heavy atom. The Balaban J connectivity index is 1.52. The average Bonchev–Trinajstić information content (AvgIpc) is 3.30. The second-order valence-corrected chi connectivity index (χ2v) is 7.37. The van der Waals surface area contributed by atoms with Gasteiger partial charge in [0.2, 0.25) is 0 Å². The van der Waals surface area contributed by atoms with Crippen molar-refractivity contribution >= 4 is 22.5 Å². The Kier molecular flexibility index (Phi) is 5.11. The van der Waals surface area contributed by atoms with Crippen molar-refractivity contribution in [3.05, 3.63) is 34.0 Å². The third kappa shape index (κ3) is 3.48. The minimum atomic E-state index is 0.545. The maximum Gasteiger partial charge on any atom is 0.125 e. The number of aryl methyl sites for hydroxylation is 1. The maximum absolute atomic E-state index is 6.64. The zero-order valence-electron chi connectivity index (χ0n) is 14.8. The maximum atomic E-state index is 6.64. The minimum Gasteiger partial charge on any atom is -0.496 e. The molecule has 5 heteroatoms. The number of aromatic nitrogens is 1. The highest BCUT2D eigenvalue weighted by Gasteiger charge is 2.20. The van der Waals surface area contributed by atoms with Gasteiger partial charge in [0.15, 0.2) is 0 Å². The molecule has 0 unspecified atom stereocenters. The molecule has 0 spiro atoms. The van der Waals surface area contributed by atoms with Crippen molar-refractivity contribution < 1.29 is 9.47 Å². The first-order chi connectivity index (χ1) is 12.3. The topological polar surface area (TPSA) is 34.6 Å². The lowest BCUT2D eigenvalue weighted by molar-refractivity contribution is 0.0979. The van der Waals surface area contributed by atoms with Gasteiger partial charge in [-0.1, -0.05) is 11.6 Å². The molecule has 2 heterocycles. The van der Waals surface area contributed by atoms with Crippen molar-refractivity contribution in [2.45, 2.75) is 38.7 Å². The fourth-order valence-electron chi connectivity index (χ4n) is 3.96. The Labute approximate surface area is 154 Å². The molecule has 1 fully saturated rings. The van der Waals surface area contributed by atoms with Crippen molar-refractivity contribution in [3.63, 3.8) is 0 Å². The third-order valence-electron chi connectivity index (χ3n) is 5.35. The summed E-state index contributed by atoms with van der Waals surface area (Å²) in [4.78, 5) is 7.30. The van der Waals surface area contributed by atoms with Crippen molar-refractivity contribution in [1.82, 2.24) is 9.88 Å². The van der Waals surface area contributed by atoms with E-state index in [2.05, 4.69) is 11.0 Å². The van der Waals surface area contributed by atoms with Crippen LogP contribution in [0.4, 0.5) is 0 Å². The normalized spacial score (nSPS) is 17.4. The lowest BCUT2D eigenvalue weighted by Crippen LogP contribution is -2.23. The number of hydrogen-bond acceptors (Lipinski definition) is 4. The average molecular weight is 361 g/mol. The van der Waals surface area contributed by atoms with E-state index in [4.69, 9.17) is 26.1 Å². The van der Waals surface area contributed by atoms with Crippen molar-refractivity contribution in [3.8, 4) is 5.75 Å². The number of methoxy groups -OCH3 is 1. The van der Waals surface area contributed by atoms with Crippen LogP contribution in [0.2, 0.25) is 5.02 Å². The number of nitrogens with zero attached hydrogens (tertiary/aromatic N) is 2. The molecule has 4 rings (SSSR count). The van der Waals surface area contributed by atoms with E-state index in [9.17, 15) is 0 Å². The van der Waals surface area contributed by atoms with Crippen LogP contribution in [0.15, 0.2) is 12.1 Å². The summed E-state index contributed by atoms with van der Waals surface area (Å²) in [6.07, 6.45) is 5.83. The highest BCUT2D eigenvalue weighted by Crippen LogP contribution is 2.36. The molecule has 4 nitrogen and oxygen atoms in total. The van der Waals surface area contributed by atoms with Crippen LogP contribution in [0.25, 0.3) is 10.9 Å². The van der Waals surface area contributed by atoms with Gasteiger partial charge in [-0.05, 0) is 62.9 Å². The summed E-state index contributed by atoms with van der Waals surface area (Å²) in [6, 6.07) is 4.09. The number of rotatable bonds is 6. The third-order valence-corrected chi connectivity index (χ3v) is 5.78. The summed E-state index contributed by atoms with van der Waals surface area (Å²) in [5, 5.41) is 1.83. The molecule has 25 heavy (non-hydrogen) atoms. The van der Waals surface area contributed by atoms with Crippen molar-refractivity contribution in [1.29, 1.82) is 0 Å². The number of halogens is 1. The van der Waals surface area contributed by atoms with Crippen LogP contribution in [0, 0.1) is 0 Å². The number of ether oxygens (including phenoxy) is 2. The molecule has 0 saturated carbocycles. The Hall–Kier alpha value is -1.36. The SMILES string of the molecule is COc1cc2c(Cl)c3c(nc2cc1COCCN1CCCC1)CCC3. The molecule has 0 atom stereocenters. The van der Waals surface area contributed by atoms with Gasteiger partial charge in [0.1, 0.15) is 5.75 Å².